The predicted molar refractivity (Wildman–Crippen MR) is 24.3 cm³/mol. The summed E-state index contributed by atoms with van der Waals surface area (Å²) in [6.07, 6.45) is 0. The molecule has 9 heavy (non-hydrogen) atoms. The highest BCUT2D eigenvalue weighted by Gasteiger charge is 2.37. The summed E-state index contributed by atoms with van der Waals surface area (Å²) in [5, 5.41) is 0. The van der Waals surface area contributed by atoms with Gasteiger partial charge in [0.2, 0.25) is 0 Å². The lowest BCUT2D eigenvalue weighted by Gasteiger charge is -2.15. The van der Waals surface area contributed by atoms with Crippen molar-refractivity contribution in [2.24, 2.45) is 0 Å². The minimum Gasteiger partial charge on any atom is -0.544 e. The van der Waals surface area contributed by atoms with Gasteiger partial charge >= 0.3 is 5.51 Å². The van der Waals surface area contributed by atoms with Gasteiger partial charge in [0.15, 0.2) is 10.0 Å². The second-order valence-electron chi connectivity index (χ2n) is 1.10. The van der Waals surface area contributed by atoms with Crippen LogP contribution in [0, 0.1) is 0 Å². The third kappa shape index (κ3) is 1.83. The minimum absolute atomic E-state index is 0.572. The largest absolute Gasteiger partial charge is 0.544 e. The molecule has 0 saturated carbocycles. The number of hydrogen-bond donors (Lipinski definition) is 0. The van der Waals surface area contributed by atoms with Crippen molar-refractivity contribution in [3.05, 3.63) is 4.72 Å². The zero-order chi connectivity index (χ0) is 7.71. The summed E-state index contributed by atoms with van der Waals surface area (Å²) >= 11 is 0. The van der Waals surface area contributed by atoms with Gasteiger partial charge in [0.05, 0.1) is 0 Å². The van der Waals surface area contributed by atoms with Crippen molar-refractivity contribution in [1.82, 2.24) is 0 Å². The highest BCUT2D eigenvalue weighted by Crippen LogP contribution is 2.25. The van der Waals surface area contributed by atoms with Crippen LogP contribution in [0.3, 0.4) is 0 Å². The molecule has 0 spiro atoms. The van der Waals surface area contributed by atoms with E-state index in [1.54, 1.807) is 0 Å². The van der Waals surface area contributed by atoms with Gasteiger partial charge in [0.1, 0.15) is 0 Å². The smallest absolute Gasteiger partial charge is 0.480 e. The summed E-state index contributed by atoms with van der Waals surface area (Å²) in [5.41, 5.74) is -5.25. The Hall–Kier alpha value is -0.300. The van der Waals surface area contributed by atoms with E-state index in [1.807, 2.05) is 0 Å². The summed E-state index contributed by atoms with van der Waals surface area (Å²) in [6, 6.07) is 0. The van der Waals surface area contributed by atoms with Gasteiger partial charge in [0.25, 0.3) is 0 Å². The average molecular weight is 162 g/mol. The molecule has 56 valence electrons. The van der Waals surface area contributed by atoms with Gasteiger partial charge in [0, 0.05) is 0 Å². The van der Waals surface area contributed by atoms with Crippen molar-refractivity contribution >= 4 is 10.0 Å². The Balaban J connectivity index is 4.57. The van der Waals surface area contributed by atoms with E-state index in [9.17, 15) is 21.6 Å². The maximum absolute atomic E-state index is 11.2. The first-order valence-corrected chi connectivity index (χ1v) is 3.17. The number of alkyl halides is 3. The Kier molecular flexibility index (Phi) is 2.07. The van der Waals surface area contributed by atoms with Crippen molar-refractivity contribution in [3.8, 4) is 0 Å². The lowest BCUT2D eigenvalue weighted by molar-refractivity contribution is -0.0426. The first-order chi connectivity index (χ1) is 3.81. The Morgan fingerprint density at radius 1 is 1.33 bits per heavy atom. The van der Waals surface area contributed by atoms with Crippen LogP contribution >= 0.6 is 0 Å². The normalized spacial score (nSPS) is 13.8. The first kappa shape index (κ1) is 8.70. The molecule has 0 unspecified atom stereocenters. The molecule has 0 bridgehead atoms. The Labute approximate surface area is 49.9 Å². The molecule has 7 heteroatoms. The van der Waals surface area contributed by atoms with Crippen LogP contribution in [0.15, 0.2) is 0 Å². The monoisotopic (exact) mass is 162 g/mol. The predicted octanol–water partition coefficient (Wildman–Crippen LogP) is 0.840. The van der Waals surface area contributed by atoms with Crippen LogP contribution in [0.5, 0.6) is 0 Å². The van der Waals surface area contributed by atoms with Crippen molar-refractivity contribution < 1.29 is 21.6 Å². The van der Waals surface area contributed by atoms with Crippen LogP contribution in [0.4, 0.5) is 13.2 Å². The number of sulfonamides is 1. The molecule has 0 saturated heterocycles. The molecule has 0 rings (SSSR count). The maximum Gasteiger partial charge on any atom is 0.480 e. The van der Waals surface area contributed by atoms with Crippen LogP contribution in [0.25, 0.3) is 4.72 Å². The van der Waals surface area contributed by atoms with Crippen molar-refractivity contribution in [2.45, 2.75) is 5.51 Å². The second kappa shape index (κ2) is 2.14. The van der Waals surface area contributed by atoms with Crippen molar-refractivity contribution in [1.29, 1.82) is 0 Å². The summed E-state index contributed by atoms with van der Waals surface area (Å²) in [7, 11) is -4.64. The molecule has 0 fully saturated rings. The third-order valence-electron chi connectivity index (χ3n) is 0.533. The maximum atomic E-state index is 11.2. The molecule has 0 radical (unpaired) electrons. The molecule has 3 nitrogen and oxygen atoms in total. The zero-order valence-corrected chi connectivity index (χ0v) is 5.12. The van der Waals surface area contributed by atoms with Crippen molar-refractivity contribution in [2.75, 3.05) is 7.05 Å². The summed E-state index contributed by atoms with van der Waals surface area (Å²) in [5.74, 6) is 0. The summed E-state index contributed by atoms with van der Waals surface area (Å²) in [6.45, 7) is 0. The fourth-order valence-electron chi connectivity index (χ4n) is 0.104. The van der Waals surface area contributed by atoms with Gasteiger partial charge in [-0.05, 0) is 0 Å². The van der Waals surface area contributed by atoms with Gasteiger partial charge in [-0.1, -0.05) is 0 Å². The summed E-state index contributed by atoms with van der Waals surface area (Å²) < 4.78 is 55.1. The van der Waals surface area contributed by atoms with Gasteiger partial charge in [-0.15, -0.1) is 0 Å². The van der Waals surface area contributed by atoms with Crippen LogP contribution in [-0.4, -0.2) is 21.0 Å². The molecule has 0 aromatic heterocycles. The fraction of sp³-hybridized carbons (Fsp3) is 1.00. The average Bonchev–Trinajstić information content (AvgIpc) is 1.64. The van der Waals surface area contributed by atoms with Gasteiger partial charge in [-0.2, -0.15) is 20.2 Å². The molecule has 0 atom stereocenters. The number of hydrogen-bond acceptors (Lipinski definition) is 2. The van der Waals surface area contributed by atoms with Gasteiger partial charge in [-0.25, -0.2) is 8.42 Å². The van der Waals surface area contributed by atoms with E-state index in [0.29, 0.717) is 7.05 Å². The van der Waals surface area contributed by atoms with Crippen LogP contribution in [-0.2, 0) is 10.0 Å². The number of nitrogens with zero attached hydrogens (tertiary/aromatic N) is 1. The molecule has 0 aliphatic heterocycles. The van der Waals surface area contributed by atoms with Gasteiger partial charge in [-0.3, -0.25) is 0 Å². The highest BCUT2D eigenvalue weighted by molar-refractivity contribution is 7.94. The van der Waals surface area contributed by atoms with E-state index in [-0.39, 0.29) is 0 Å². The quantitative estimate of drug-likeness (QED) is 0.573. The van der Waals surface area contributed by atoms with Crippen LogP contribution < -0.4 is 0 Å². The molecule has 0 aromatic carbocycles. The van der Waals surface area contributed by atoms with E-state index >= 15 is 0 Å². The zero-order valence-electron chi connectivity index (χ0n) is 4.31. The van der Waals surface area contributed by atoms with Crippen LogP contribution in [0.1, 0.15) is 0 Å². The second-order valence-corrected chi connectivity index (χ2v) is 2.88. The van der Waals surface area contributed by atoms with E-state index < -0.39 is 15.5 Å². The SMILES string of the molecule is C[N-]S(=O)(=O)C(F)(F)F. The first-order valence-electron chi connectivity index (χ1n) is 1.73. The standard InChI is InChI=1S/C2H3F3NO2S/c1-6-9(7,8)2(3,4)5/h1H3/q-1. The lowest BCUT2D eigenvalue weighted by Crippen LogP contribution is -2.20. The molecule has 0 aliphatic rings. The minimum atomic E-state index is -5.25. The molecule has 0 amide bonds. The Morgan fingerprint density at radius 3 is 1.67 bits per heavy atom. The molecular weight excluding hydrogens is 159 g/mol. The van der Waals surface area contributed by atoms with E-state index in [2.05, 4.69) is 4.72 Å². The van der Waals surface area contributed by atoms with Crippen molar-refractivity contribution in [3.63, 3.8) is 0 Å². The number of rotatable bonds is 1. The molecule has 0 N–H and O–H groups in total. The lowest BCUT2D eigenvalue weighted by atomic mass is 11.5. The third-order valence-corrected chi connectivity index (χ3v) is 1.60. The van der Waals surface area contributed by atoms with E-state index in [0.717, 1.165) is 0 Å². The number of halogens is 3. The Bertz CT molecular complexity index is 180. The van der Waals surface area contributed by atoms with E-state index in [4.69, 9.17) is 0 Å². The molecular formula is C2H3F3NO2S-. The van der Waals surface area contributed by atoms with E-state index in [1.165, 1.54) is 0 Å². The summed E-state index contributed by atoms with van der Waals surface area (Å²) in [4.78, 5) is 0. The molecule has 0 aromatic rings. The Morgan fingerprint density at radius 2 is 1.67 bits per heavy atom. The fourth-order valence-corrected chi connectivity index (χ4v) is 0.311. The van der Waals surface area contributed by atoms with Gasteiger partial charge < -0.3 is 4.72 Å². The molecule has 0 aliphatic carbocycles. The topological polar surface area (TPSA) is 48.2 Å². The van der Waals surface area contributed by atoms with Crippen LogP contribution in [0.2, 0.25) is 0 Å². The molecule has 0 heterocycles. The highest BCUT2D eigenvalue weighted by atomic mass is 32.2.